The molecular formula is C16H25BrN2O2. The van der Waals surface area contributed by atoms with E-state index in [0.717, 1.165) is 23.2 Å². The summed E-state index contributed by atoms with van der Waals surface area (Å²) in [6.45, 7) is 5.86. The zero-order valence-electron chi connectivity index (χ0n) is 12.9. The van der Waals surface area contributed by atoms with Gasteiger partial charge in [0.1, 0.15) is 0 Å². The summed E-state index contributed by atoms with van der Waals surface area (Å²) in [7, 11) is 2.03. The Bertz CT molecular complexity index is 462. The van der Waals surface area contributed by atoms with Gasteiger partial charge in [0.2, 0.25) is 0 Å². The second-order valence-corrected chi connectivity index (χ2v) is 6.61. The largest absolute Gasteiger partial charge is 0.388 e. The van der Waals surface area contributed by atoms with Crippen LogP contribution in [-0.4, -0.2) is 44.1 Å². The second kappa shape index (κ2) is 7.58. The molecule has 2 rings (SSSR count). The van der Waals surface area contributed by atoms with Crippen LogP contribution in [0.2, 0.25) is 0 Å². The normalized spacial score (nSPS) is 17.7. The maximum Gasteiger partial charge on any atom is 0.0865 e. The van der Waals surface area contributed by atoms with Gasteiger partial charge in [0.25, 0.3) is 0 Å². The maximum atomic E-state index is 10.6. The Morgan fingerprint density at radius 3 is 2.71 bits per heavy atom. The van der Waals surface area contributed by atoms with Gasteiger partial charge in [-0.05, 0) is 40.2 Å². The first-order valence-electron chi connectivity index (χ1n) is 7.54. The summed E-state index contributed by atoms with van der Waals surface area (Å²) >= 11 is 3.65. The molecule has 0 bridgehead atoms. The third kappa shape index (κ3) is 4.68. The fraction of sp³-hybridized carbons (Fsp3) is 0.625. The third-order valence-corrected chi connectivity index (χ3v) is 4.59. The summed E-state index contributed by atoms with van der Waals surface area (Å²) in [5.41, 5.74) is 1.72. The van der Waals surface area contributed by atoms with Crippen LogP contribution >= 0.6 is 15.9 Å². The topological polar surface area (TPSA) is 44.7 Å². The molecule has 1 aromatic rings. The van der Waals surface area contributed by atoms with Crippen LogP contribution in [0.1, 0.15) is 25.3 Å². The number of likely N-dealkylation sites (N-methyl/N-ethyl adjacent to an activating group) is 1. The van der Waals surface area contributed by atoms with E-state index in [1.807, 2.05) is 7.05 Å². The van der Waals surface area contributed by atoms with Gasteiger partial charge in [0, 0.05) is 50.7 Å². The molecule has 0 aromatic heterocycles. The smallest absolute Gasteiger partial charge is 0.0865 e. The Kier molecular flexibility index (Phi) is 6.05. The monoisotopic (exact) mass is 356 g/mol. The predicted octanol–water partition coefficient (Wildman–Crippen LogP) is 2.54. The van der Waals surface area contributed by atoms with E-state index in [1.54, 1.807) is 0 Å². The summed E-state index contributed by atoms with van der Waals surface area (Å²) in [5.74, 6) is 0. The van der Waals surface area contributed by atoms with Crippen LogP contribution in [-0.2, 0) is 11.3 Å². The minimum Gasteiger partial charge on any atom is -0.388 e. The first-order chi connectivity index (χ1) is 10.0. The Hall–Kier alpha value is -0.620. The van der Waals surface area contributed by atoms with Crippen molar-refractivity contribution in [2.45, 2.75) is 31.9 Å². The fourth-order valence-corrected chi connectivity index (χ4v) is 3.40. The summed E-state index contributed by atoms with van der Waals surface area (Å²) in [5, 5.41) is 13.9. The molecular weight excluding hydrogens is 332 g/mol. The van der Waals surface area contributed by atoms with Gasteiger partial charge in [0.15, 0.2) is 0 Å². The van der Waals surface area contributed by atoms with Crippen molar-refractivity contribution in [1.29, 1.82) is 0 Å². The van der Waals surface area contributed by atoms with E-state index < -0.39 is 5.60 Å². The average Bonchev–Trinajstić information content (AvgIpc) is 2.45. The number of halogens is 1. The van der Waals surface area contributed by atoms with Crippen LogP contribution in [0.15, 0.2) is 22.7 Å². The van der Waals surface area contributed by atoms with Gasteiger partial charge in [-0.25, -0.2) is 0 Å². The van der Waals surface area contributed by atoms with Gasteiger partial charge in [-0.1, -0.05) is 13.0 Å². The second-order valence-electron chi connectivity index (χ2n) is 5.76. The van der Waals surface area contributed by atoms with E-state index in [4.69, 9.17) is 4.74 Å². The van der Waals surface area contributed by atoms with Crippen molar-refractivity contribution in [2.24, 2.45) is 0 Å². The average molecular weight is 357 g/mol. The molecule has 0 atom stereocenters. The molecule has 0 spiro atoms. The highest BCUT2D eigenvalue weighted by Crippen LogP contribution is 2.29. The lowest BCUT2D eigenvalue weighted by atomic mass is 9.94. The molecule has 4 nitrogen and oxygen atoms in total. The summed E-state index contributed by atoms with van der Waals surface area (Å²) in [6.07, 6.45) is 1.40. The SMILES string of the molecule is CCNCc1ccc(N(C)CC2(O)CCOCC2)c(Br)c1. The Labute approximate surface area is 135 Å². The third-order valence-electron chi connectivity index (χ3n) is 3.96. The molecule has 1 aliphatic heterocycles. The van der Waals surface area contributed by atoms with Crippen LogP contribution in [0.3, 0.4) is 0 Å². The van der Waals surface area contributed by atoms with E-state index >= 15 is 0 Å². The van der Waals surface area contributed by atoms with Crippen LogP contribution < -0.4 is 10.2 Å². The molecule has 118 valence electrons. The van der Waals surface area contributed by atoms with Crippen LogP contribution in [0.4, 0.5) is 5.69 Å². The molecule has 0 amide bonds. The molecule has 1 aliphatic rings. The van der Waals surface area contributed by atoms with Crippen molar-refractivity contribution in [3.8, 4) is 0 Å². The first kappa shape index (κ1) is 16.7. The number of hydrogen-bond donors (Lipinski definition) is 2. The molecule has 21 heavy (non-hydrogen) atoms. The Balaban J connectivity index is 2.03. The lowest BCUT2D eigenvalue weighted by molar-refractivity contribution is -0.0572. The molecule has 5 heteroatoms. The van der Waals surface area contributed by atoms with E-state index in [1.165, 1.54) is 5.56 Å². The summed E-state index contributed by atoms with van der Waals surface area (Å²) < 4.78 is 6.40. The molecule has 1 saturated heterocycles. The Morgan fingerprint density at radius 2 is 2.10 bits per heavy atom. The molecule has 1 fully saturated rings. The fourth-order valence-electron chi connectivity index (χ4n) is 2.68. The number of hydrogen-bond acceptors (Lipinski definition) is 4. The minimum atomic E-state index is -0.644. The molecule has 0 radical (unpaired) electrons. The minimum absolute atomic E-state index is 0.627. The molecule has 0 unspecified atom stereocenters. The van der Waals surface area contributed by atoms with Gasteiger partial charge in [-0.3, -0.25) is 0 Å². The number of anilines is 1. The zero-order chi connectivity index (χ0) is 15.3. The lowest BCUT2D eigenvalue weighted by Gasteiger charge is -2.36. The highest BCUT2D eigenvalue weighted by molar-refractivity contribution is 9.10. The van der Waals surface area contributed by atoms with Gasteiger partial charge >= 0.3 is 0 Å². The maximum absolute atomic E-state index is 10.6. The molecule has 0 saturated carbocycles. The summed E-state index contributed by atoms with van der Waals surface area (Å²) in [6, 6.07) is 6.38. The van der Waals surface area contributed by atoms with Gasteiger partial charge < -0.3 is 20.1 Å². The van der Waals surface area contributed by atoms with Crippen molar-refractivity contribution >= 4 is 21.6 Å². The zero-order valence-corrected chi connectivity index (χ0v) is 14.4. The standard InChI is InChI=1S/C16H25BrN2O2/c1-3-18-11-13-4-5-15(14(17)10-13)19(2)12-16(20)6-8-21-9-7-16/h4-5,10,18,20H,3,6-9,11-12H2,1-2H3. The van der Waals surface area contributed by atoms with Crippen LogP contribution in [0.25, 0.3) is 0 Å². The van der Waals surface area contributed by atoms with Crippen molar-refractivity contribution in [3.63, 3.8) is 0 Å². The Morgan fingerprint density at radius 1 is 1.38 bits per heavy atom. The van der Waals surface area contributed by atoms with Crippen LogP contribution in [0, 0.1) is 0 Å². The number of benzene rings is 1. The van der Waals surface area contributed by atoms with Crippen LogP contribution in [0.5, 0.6) is 0 Å². The van der Waals surface area contributed by atoms with Crippen molar-refractivity contribution in [2.75, 3.05) is 38.3 Å². The van der Waals surface area contributed by atoms with E-state index in [9.17, 15) is 5.11 Å². The summed E-state index contributed by atoms with van der Waals surface area (Å²) in [4.78, 5) is 2.12. The van der Waals surface area contributed by atoms with E-state index in [-0.39, 0.29) is 0 Å². The predicted molar refractivity (Wildman–Crippen MR) is 89.8 cm³/mol. The van der Waals surface area contributed by atoms with Crippen molar-refractivity contribution in [3.05, 3.63) is 28.2 Å². The number of aliphatic hydroxyl groups is 1. The number of nitrogens with zero attached hydrogens (tertiary/aromatic N) is 1. The molecule has 0 aliphatic carbocycles. The first-order valence-corrected chi connectivity index (χ1v) is 8.34. The van der Waals surface area contributed by atoms with Gasteiger partial charge in [0.05, 0.1) is 11.3 Å². The quantitative estimate of drug-likeness (QED) is 0.821. The number of ether oxygens (including phenoxy) is 1. The molecule has 1 aromatic carbocycles. The number of nitrogens with one attached hydrogen (secondary N) is 1. The van der Waals surface area contributed by atoms with Crippen molar-refractivity contribution in [1.82, 2.24) is 5.32 Å². The van der Waals surface area contributed by atoms with Gasteiger partial charge in [-0.15, -0.1) is 0 Å². The van der Waals surface area contributed by atoms with E-state index in [0.29, 0.717) is 32.6 Å². The lowest BCUT2D eigenvalue weighted by Crippen LogP contribution is -2.45. The highest BCUT2D eigenvalue weighted by atomic mass is 79.9. The molecule has 1 heterocycles. The van der Waals surface area contributed by atoms with Gasteiger partial charge in [-0.2, -0.15) is 0 Å². The van der Waals surface area contributed by atoms with E-state index in [2.05, 4.69) is 51.3 Å². The highest BCUT2D eigenvalue weighted by Gasteiger charge is 2.31. The molecule has 2 N–H and O–H groups in total. The number of rotatable bonds is 6. The van der Waals surface area contributed by atoms with Crippen molar-refractivity contribution < 1.29 is 9.84 Å².